The molecule has 31 heavy (non-hydrogen) atoms. The molecule has 3 rings (SSSR count). The number of hydrogen-bond acceptors (Lipinski definition) is 7. The van der Waals surface area contributed by atoms with Gasteiger partial charge in [-0.2, -0.15) is 0 Å². The Hall–Kier alpha value is -3.45. The number of nitrogens with zero attached hydrogens (tertiary/aromatic N) is 1. The summed E-state index contributed by atoms with van der Waals surface area (Å²) in [7, 11) is 8.50. The number of rotatable bonds is 10. The zero-order valence-electron chi connectivity index (χ0n) is 18.4. The fourth-order valence-corrected chi connectivity index (χ4v) is 3.26. The van der Waals surface area contributed by atoms with Gasteiger partial charge < -0.3 is 28.3 Å². The van der Waals surface area contributed by atoms with Crippen molar-refractivity contribution in [2.45, 2.75) is 0 Å². The van der Waals surface area contributed by atoms with E-state index in [1.54, 1.807) is 19.3 Å². The van der Waals surface area contributed by atoms with Crippen LogP contribution >= 0.6 is 0 Å². The third-order valence-electron chi connectivity index (χ3n) is 4.77. The van der Waals surface area contributed by atoms with Gasteiger partial charge in [0.2, 0.25) is 5.75 Å². The molecule has 0 radical (unpaired) electrons. The lowest BCUT2D eigenvalue weighted by Crippen LogP contribution is -2.20. The molecule has 2 aromatic carbocycles. The van der Waals surface area contributed by atoms with Crippen molar-refractivity contribution in [1.82, 2.24) is 4.90 Å². The Bertz CT molecular complexity index is 1080. The highest BCUT2D eigenvalue weighted by Crippen LogP contribution is 2.46. The molecule has 3 aromatic rings. The van der Waals surface area contributed by atoms with Crippen LogP contribution in [0.4, 0.5) is 0 Å². The Balaban J connectivity index is 2.11. The molecule has 1 heterocycles. The molecule has 0 saturated carbocycles. The molecule has 0 aliphatic rings. The van der Waals surface area contributed by atoms with Crippen LogP contribution in [0.5, 0.6) is 23.0 Å². The molecule has 7 heteroatoms. The number of ether oxygens (including phenoxy) is 4. The number of likely N-dealkylation sites (N-methyl/N-ethyl adjacent to an activating group) is 1. The van der Waals surface area contributed by atoms with Crippen molar-refractivity contribution < 1.29 is 28.2 Å². The predicted molar refractivity (Wildman–Crippen MR) is 120 cm³/mol. The zero-order valence-corrected chi connectivity index (χ0v) is 18.4. The number of ketones is 1. The molecule has 0 unspecified atom stereocenters. The van der Waals surface area contributed by atoms with E-state index in [0.29, 0.717) is 47.1 Å². The van der Waals surface area contributed by atoms with Crippen LogP contribution in [0, 0.1) is 0 Å². The van der Waals surface area contributed by atoms with Crippen molar-refractivity contribution in [1.29, 1.82) is 0 Å². The van der Waals surface area contributed by atoms with Gasteiger partial charge in [0.15, 0.2) is 17.1 Å². The third kappa shape index (κ3) is 4.67. The van der Waals surface area contributed by atoms with Crippen molar-refractivity contribution in [3.63, 3.8) is 0 Å². The summed E-state index contributed by atoms with van der Waals surface area (Å²) < 4.78 is 28.2. The predicted octanol–water partition coefficient (Wildman–Crippen LogP) is 4.30. The second kappa shape index (κ2) is 10.0. The average Bonchev–Trinajstić information content (AvgIpc) is 3.25. The van der Waals surface area contributed by atoms with E-state index in [1.165, 1.54) is 26.6 Å². The molecular weight excluding hydrogens is 398 g/mol. The molecule has 0 atom stereocenters. The summed E-state index contributed by atoms with van der Waals surface area (Å²) in [5, 5.41) is 0.633. The molecule has 7 nitrogen and oxygen atoms in total. The van der Waals surface area contributed by atoms with Gasteiger partial charge in [0.05, 0.1) is 33.0 Å². The quantitative estimate of drug-likeness (QED) is 0.354. The van der Waals surface area contributed by atoms with Gasteiger partial charge in [-0.05, 0) is 38.4 Å². The van der Waals surface area contributed by atoms with E-state index in [1.807, 2.05) is 43.3 Å². The fraction of sp³-hybridized carbons (Fsp3) is 0.292. The van der Waals surface area contributed by atoms with Gasteiger partial charge >= 0.3 is 0 Å². The van der Waals surface area contributed by atoms with Gasteiger partial charge in [-0.25, -0.2) is 0 Å². The van der Waals surface area contributed by atoms with Crippen LogP contribution in [0.2, 0.25) is 0 Å². The van der Waals surface area contributed by atoms with Crippen molar-refractivity contribution in [2.24, 2.45) is 0 Å². The number of carbonyl (C=O) groups is 1. The standard InChI is InChI=1S/C24H27NO6/c1-25(2)13-15-31-23-20(18(26)11-10-16-8-6-7-9-19(16)27-3)21(28-4)17-12-14-30-22(17)24(23)29-5/h6-12,14H,13,15H2,1-5H3/b11-10+. The van der Waals surface area contributed by atoms with Crippen LogP contribution in [0.1, 0.15) is 15.9 Å². The number of allylic oxidation sites excluding steroid dienone is 1. The SMILES string of the molecule is COc1ccccc1/C=C/C(=O)c1c(OCCN(C)C)c(OC)c2occc2c1OC. The van der Waals surface area contributed by atoms with E-state index in [4.69, 9.17) is 23.4 Å². The van der Waals surface area contributed by atoms with Crippen molar-refractivity contribution in [2.75, 3.05) is 48.6 Å². The van der Waals surface area contributed by atoms with E-state index in [-0.39, 0.29) is 11.3 Å². The number of methoxy groups -OCH3 is 3. The molecule has 0 aliphatic heterocycles. The Kier molecular flexibility index (Phi) is 7.20. The van der Waals surface area contributed by atoms with E-state index in [0.717, 1.165) is 5.56 Å². The lowest BCUT2D eigenvalue weighted by atomic mass is 10.0. The highest BCUT2D eigenvalue weighted by atomic mass is 16.5. The fourth-order valence-electron chi connectivity index (χ4n) is 3.26. The lowest BCUT2D eigenvalue weighted by Gasteiger charge is -2.18. The van der Waals surface area contributed by atoms with Crippen molar-refractivity contribution in [3.05, 3.63) is 53.8 Å². The minimum Gasteiger partial charge on any atom is -0.496 e. The maximum Gasteiger partial charge on any atom is 0.205 e. The second-order valence-corrected chi connectivity index (χ2v) is 7.03. The summed E-state index contributed by atoms with van der Waals surface area (Å²) in [6.45, 7) is 1.02. The molecular formula is C24H27NO6. The van der Waals surface area contributed by atoms with Gasteiger partial charge in [0.25, 0.3) is 0 Å². The van der Waals surface area contributed by atoms with Crippen LogP contribution < -0.4 is 18.9 Å². The normalized spacial score (nSPS) is 11.3. The van der Waals surface area contributed by atoms with E-state index < -0.39 is 0 Å². The van der Waals surface area contributed by atoms with Crippen LogP contribution in [-0.4, -0.2) is 59.3 Å². The minimum atomic E-state index is -0.288. The van der Waals surface area contributed by atoms with Crippen LogP contribution in [0.3, 0.4) is 0 Å². The number of carbonyl (C=O) groups excluding carboxylic acids is 1. The van der Waals surface area contributed by atoms with E-state index >= 15 is 0 Å². The molecule has 0 saturated heterocycles. The van der Waals surface area contributed by atoms with Crippen LogP contribution in [-0.2, 0) is 0 Å². The second-order valence-electron chi connectivity index (χ2n) is 7.03. The summed E-state index contributed by atoms with van der Waals surface area (Å²) in [5.41, 5.74) is 1.52. The summed E-state index contributed by atoms with van der Waals surface area (Å²) in [5.74, 6) is 1.40. The number of furan rings is 1. The summed E-state index contributed by atoms with van der Waals surface area (Å²) in [6.07, 6.45) is 4.70. The number of fused-ring (bicyclic) bond motifs is 1. The van der Waals surface area contributed by atoms with Crippen molar-refractivity contribution >= 4 is 22.8 Å². The first kappa shape index (κ1) is 22.2. The smallest absolute Gasteiger partial charge is 0.205 e. The molecule has 1 aromatic heterocycles. The first-order chi connectivity index (χ1) is 15.0. The molecule has 0 amide bonds. The van der Waals surface area contributed by atoms with Gasteiger partial charge in [0, 0.05) is 12.1 Å². The molecule has 164 valence electrons. The monoisotopic (exact) mass is 425 g/mol. The van der Waals surface area contributed by atoms with Gasteiger partial charge in [0.1, 0.15) is 23.7 Å². The molecule has 0 aliphatic carbocycles. The maximum atomic E-state index is 13.4. The Morgan fingerprint density at radius 3 is 2.42 bits per heavy atom. The number of hydrogen-bond donors (Lipinski definition) is 0. The first-order valence-electron chi connectivity index (χ1n) is 9.79. The zero-order chi connectivity index (χ0) is 22.4. The van der Waals surface area contributed by atoms with Gasteiger partial charge in [-0.15, -0.1) is 0 Å². The van der Waals surface area contributed by atoms with Gasteiger partial charge in [-0.3, -0.25) is 4.79 Å². The van der Waals surface area contributed by atoms with E-state index in [2.05, 4.69) is 0 Å². The third-order valence-corrected chi connectivity index (χ3v) is 4.77. The Morgan fingerprint density at radius 2 is 1.74 bits per heavy atom. The van der Waals surface area contributed by atoms with Crippen LogP contribution in [0.25, 0.3) is 17.0 Å². The first-order valence-corrected chi connectivity index (χ1v) is 9.79. The maximum absolute atomic E-state index is 13.4. The topological polar surface area (TPSA) is 70.4 Å². The number of benzene rings is 2. The molecule has 0 bridgehead atoms. The van der Waals surface area contributed by atoms with E-state index in [9.17, 15) is 4.79 Å². The van der Waals surface area contributed by atoms with Gasteiger partial charge in [-0.1, -0.05) is 18.2 Å². The number of para-hydroxylation sites is 1. The summed E-state index contributed by atoms with van der Waals surface area (Å²) in [4.78, 5) is 15.3. The lowest BCUT2D eigenvalue weighted by molar-refractivity contribution is 0.104. The minimum absolute atomic E-state index is 0.276. The molecule has 0 fully saturated rings. The van der Waals surface area contributed by atoms with Crippen molar-refractivity contribution in [3.8, 4) is 23.0 Å². The highest BCUT2D eigenvalue weighted by Gasteiger charge is 2.28. The average molecular weight is 425 g/mol. The Labute approximate surface area is 181 Å². The Morgan fingerprint density at radius 1 is 1.00 bits per heavy atom. The molecule has 0 spiro atoms. The summed E-state index contributed by atoms with van der Waals surface area (Å²) in [6, 6.07) is 9.19. The molecule has 0 N–H and O–H groups in total. The highest BCUT2D eigenvalue weighted by molar-refractivity contribution is 6.15. The van der Waals surface area contributed by atoms with Crippen LogP contribution in [0.15, 0.2) is 47.1 Å². The summed E-state index contributed by atoms with van der Waals surface area (Å²) >= 11 is 0. The largest absolute Gasteiger partial charge is 0.496 e.